The molecule has 3 aliphatic rings. The van der Waals surface area contributed by atoms with E-state index < -0.39 is 5.82 Å². The normalized spacial score (nSPS) is 33.3. The van der Waals surface area contributed by atoms with E-state index >= 15 is 0 Å². The molecule has 32 heavy (non-hydrogen) atoms. The number of aromatic nitrogens is 1. The van der Waals surface area contributed by atoms with Crippen LogP contribution in [-0.4, -0.2) is 4.98 Å². The molecule has 3 heteroatoms. The molecule has 3 saturated carbocycles. The molecule has 1 aromatic heterocycles. The van der Waals surface area contributed by atoms with Crippen molar-refractivity contribution in [2.24, 2.45) is 29.6 Å². The summed E-state index contributed by atoms with van der Waals surface area (Å²) in [4.78, 5) is 3.21. The first-order valence-corrected chi connectivity index (χ1v) is 13.6. The minimum absolute atomic E-state index is 0.147. The molecule has 0 radical (unpaired) electrons. The molecule has 0 amide bonds. The number of aromatic amines is 1. The van der Waals surface area contributed by atoms with Crippen LogP contribution in [0.2, 0.25) is 0 Å². The van der Waals surface area contributed by atoms with E-state index in [2.05, 4.69) is 11.9 Å². The lowest BCUT2D eigenvalue weighted by Gasteiger charge is -2.45. The molecule has 4 atom stereocenters. The lowest BCUT2D eigenvalue weighted by atomic mass is 9.60. The molecule has 0 unspecified atom stereocenters. The smallest absolute Gasteiger partial charge is 0.154 e. The van der Waals surface area contributed by atoms with E-state index in [1.807, 2.05) is 0 Å². The van der Waals surface area contributed by atoms with Gasteiger partial charge in [0.05, 0.1) is 16.6 Å². The summed E-state index contributed by atoms with van der Waals surface area (Å²) in [5.74, 6) is 4.10. The van der Waals surface area contributed by atoms with Gasteiger partial charge < -0.3 is 4.98 Å². The van der Waals surface area contributed by atoms with Crippen molar-refractivity contribution in [1.29, 1.82) is 0 Å². The van der Waals surface area contributed by atoms with Crippen molar-refractivity contribution in [1.82, 2.24) is 4.98 Å². The van der Waals surface area contributed by atoms with Gasteiger partial charge in [-0.2, -0.15) is 0 Å². The third-order valence-electron chi connectivity index (χ3n) is 9.56. The molecule has 1 N–H and O–H groups in total. The van der Waals surface area contributed by atoms with E-state index in [0.29, 0.717) is 11.2 Å². The van der Waals surface area contributed by atoms with Crippen molar-refractivity contribution in [2.75, 3.05) is 0 Å². The predicted octanol–water partition coefficient (Wildman–Crippen LogP) is 9.13. The molecule has 5 rings (SSSR count). The quantitative estimate of drug-likeness (QED) is 0.430. The van der Waals surface area contributed by atoms with Crippen LogP contribution < -0.4 is 0 Å². The number of H-pyrrole nitrogens is 1. The Morgan fingerprint density at radius 3 is 2.25 bits per heavy atom. The Morgan fingerprint density at radius 1 is 0.812 bits per heavy atom. The van der Waals surface area contributed by atoms with Crippen LogP contribution in [0.5, 0.6) is 0 Å². The van der Waals surface area contributed by atoms with Crippen LogP contribution in [0.4, 0.5) is 8.78 Å². The summed E-state index contributed by atoms with van der Waals surface area (Å²) >= 11 is 0. The Hall–Kier alpha value is -1.38. The van der Waals surface area contributed by atoms with E-state index in [9.17, 15) is 8.78 Å². The van der Waals surface area contributed by atoms with Crippen LogP contribution in [-0.2, 0) is 0 Å². The number of nitrogens with one attached hydrogen (secondary N) is 1. The van der Waals surface area contributed by atoms with Gasteiger partial charge in [0.15, 0.2) is 5.82 Å². The van der Waals surface area contributed by atoms with Crippen LogP contribution in [0.3, 0.4) is 0 Å². The summed E-state index contributed by atoms with van der Waals surface area (Å²) in [5.41, 5.74) is 1.25. The molecule has 176 valence electrons. The van der Waals surface area contributed by atoms with Gasteiger partial charge in [-0.3, -0.25) is 0 Å². The monoisotopic (exact) mass is 441 g/mol. The molecular weight excluding hydrogens is 400 g/mol. The highest BCUT2D eigenvalue weighted by molar-refractivity contribution is 5.82. The fraction of sp³-hybridized carbons (Fsp3) is 0.724. The number of rotatable bonds is 6. The van der Waals surface area contributed by atoms with Crippen molar-refractivity contribution in [2.45, 2.75) is 103 Å². The highest BCUT2D eigenvalue weighted by Gasteiger charge is 2.39. The van der Waals surface area contributed by atoms with Crippen LogP contribution in [0.25, 0.3) is 10.9 Å². The van der Waals surface area contributed by atoms with Gasteiger partial charge in [-0.1, -0.05) is 45.1 Å². The number of hydrogen-bond donors (Lipinski definition) is 1. The van der Waals surface area contributed by atoms with Gasteiger partial charge >= 0.3 is 0 Å². The Bertz CT molecular complexity index is 894. The van der Waals surface area contributed by atoms with Crippen molar-refractivity contribution >= 4 is 10.9 Å². The molecule has 0 aliphatic heterocycles. The van der Waals surface area contributed by atoms with E-state index in [0.717, 1.165) is 42.4 Å². The highest BCUT2D eigenvalue weighted by Crippen LogP contribution is 2.50. The standard InChI is InChI=1S/C29H41F2N/c1-2-3-4-6-19-9-10-24-18-23(16-15-22(24)17-19)20-11-13-21(14-12-20)29-28(31)27-25(30)7-5-8-26(27)32-29/h5,7-8,19-24,32H,2-4,6,9-18H2,1H3/t19-,20?,21?,22-,23+,24+/m0/s1. The molecule has 3 fully saturated rings. The average Bonchev–Trinajstić information content (AvgIpc) is 3.16. The predicted molar refractivity (Wildman–Crippen MR) is 129 cm³/mol. The number of halogens is 2. The summed E-state index contributed by atoms with van der Waals surface area (Å²) in [6.07, 6.45) is 18.9. The molecule has 0 spiro atoms. The highest BCUT2D eigenvalue weighted by atomic mass is 19.1. The molecule has 2 aromatic rings. The van der Waals surface area contributed by atoms with Crippen LogP contribution in [0, 0.1) is 41.2 Å². The second-order valence-electron chi connectivity index (χ2n) is 11.4. The minimum Gasteiger partial charge on any atom is -0.356 e. The van der Waals surface area contributed by atoms with Crippen molar-refractivity contribution < 1.29 is 8.78 Å². The van der Waals surface area contributed by atoms with Gasteiger partial charge in [-0.05, 0) is 99.5 Å². The van der Waals surface area contributed by atoms with Gasteiger partial charge in [0.25, 0.3) is 0 Å². The summed E-state index contributed by atoms with van der Waals surface area (Å²) in [7, 11) is 0. The third-order valence-corrected chi connectivity index (χ3v) is 9.56. The average molecular weight is 442 g/mol. The zero-order valence-corrected chi connectivity index (χ0v) is 19.9. The first-order chi connectivity index (χ1) is 15.6. The van der Waals surface area contributed by atoms with Gasteiger partial charge in [-0.25, -0.2) is 8.78 Å². The van der Waals surface area contributed by atoms with Crippen LogP contribution >= 0.6 is 0 Å². The Labute approximate surface area is 192 Å². The number of unbranched alkanes of at least 4 members (excludes halogenated alkanes) is 2. The zero-order chi connectivity index (χ0) is 22.1. The Balaban J connectivity index is 1.14. The van der Waals surface area contributed by atoms with Gasteiger partial charge in [-0.15, -0.1) is 0 Å². The van der Waals surface area contributed by atoms with Gasteiger partial charge in [0, 0.05) is 5.92 Å². The maximum atomic E-state index is 15.0. The van der Waals surface area contributed by atoms with Crippen LogP contribution in [0.1, 0.15) is 108 Å². The fourth-order valence-electron chi connectivity index (χ4n) is 7.74. The Kier molecular flexibility index (Phi) is 6.90. The molecule has 3 aliphatic carbocycles. The van der Waals surface area contributed by atoms with E-state index in [1.54, 1.807) is 12.1 Å². The SMILES string of the molecule is CCCCC[C@H]1CC[C@@H]2C[C@H](C3CCC(c4[nH]c5cccc(F)c5c4F)CC3)CC[C@H]2C1. The summed E-state index contributed by atoms with van der Waals surface area (Å²) < 4.78 is 29.1. The molecule has 1 nitrogen and oxygen atoms in total. The van der Waals surface area contributed by atoms with E-state index in [-0.39, 0.29) is 17.1 Å². The van der Waals surface area contributed by atoms with Crippen LogP contribution in [0.15, 0.2) is 18.2 Å². The summed E-state index contributed by atoms with van der Waals surface area (Å²) in [5, 5.41) is 0.147. The van der Waals surface area contributed by atoms with Crippen molar-refractivity contribution in [3.8, 4) is 0 Å². The molecular formula is C29H41F2N. The largest absolute Gasteiger partial charge is 0.356 e. The van der Waals surface area contributed by atoms with Gasteiger partial charge in [0.2, 0.25) is 0 Å². The number of fused-ring (bicyclic) bond motifs is 2. The second kappa shape index (κ2) is 9.85. The maximum Gasteiger partial charge on any atom is 0.154 e. The lowest BCUT2D eigenvalue weighted by Crippen LogP contribution is -2.34. The molecule has 1 aromatic carbocycles. The minimum atomic E-state index is -0.451. The lowest BCUT2D eigenvalue weighted by molar-refractivity contribution is 0.0612. The third kappa shape index (κ3) is 4.50. The summed E-state index contributed by atoms with van der Waals surface area (Å²) in [6, 6.07) is 4.80. The molecule has 0 saturated heterocycles. The van der Waals surface area contributed by atoms with Crippen molar-refractivity contribution in [3.63, 3.8) is 0 Å². The molecule has 0 bridgehead atoms. The first-order valence-electron chi connectivity index (χ1n) is 13.6. The van der Waals surface area contributed by atoms with E-state index in [1.165, 1.54) is 83.1 Å². The number of hydrogen-bond acceptors (Lipinski definition) is 0. The van der Waals surface area contributed by atoms with E-state index in [4.69, 9.17) is 0 Å². The fourth-order valence-corrected chi connectivity index (χ4v) is 7.74. The second-order valence-corrected chi connectivity index (χ2v) is 11.4. The maximum absolute atomic E-state index is 15.0. The summed E-state index contributed by atoms with van der Waals surface area (Å²) in [6.45, 7) is 2.31. The molecule has 1 heterocycles. The first kappa shape index (κ1) is 22.4. The van der Waals surface area contributed by atoms with Crippen molar-refractivity contribution in [3.05, 3.63) is 35.5 Å². The zero-order valence-electron chi connectivity index (χ0n) is 19.9. The van der Waals surface area contributed by atoms with Gasteiger partial charge in [0.1, 0.15) is 5.82 Å². The topological polar surface area (TPSA) is 15.8 Å². The Morgan fingerprint density at radius 2 is 1.50 bits per heavy atom. The number of benzene rings is 1.